The van der Waals surface area contributed by atoms with E-state index in [-0.39, 0.29) is 12.5 Å². The van der Waals surface area contributed by atoms with Gasteiger partial charge in [-0.15, -0.1) is 11.8 Å². The van der Waals surface area contributed by atoms with E-state index in [0.29, 0.717) is 29.2 Å². The van der Waals surface area contributed by atoms with E-state index in [4.69, 9.17) is 9.57 Å². The molecule has 7 heteroatoms. The van der Waals surface area contributed by atoms with Gasteiger partial charge in [0, 0.05) is 5.75 Å². The first kappa shape index (κ1) is 19.3. The van der Waals surface area contributed by atoms with Gasteiger partial charge in [0.25, 0.3) is 5.91 Å². The van der Waals surface area contributed by atoms with Crippen molar-refractivity contribution in [2.75, 3.05) is 19.5 Å². The van der Waals surface area contributed by atoms with Crippen molar-refractivity contribution in [3.05, 3.63) is 23.6 Å². The topological polar surface area (TPSA) is 79.2 Å². The molecular weight excluding hydrogens is 330 g/mol. The molecule has 0 saturated heterocycles. The van der Waals surface area contributed by atoms with Gasteiger partial charge in [-0.2, -0.15) is 5.06 Å². The first-order valence-corrected chi connectivity index (χ1v) is 9.38. The number of amides is 1. The van der Waals surface area contributed by atoms with Gasteiger partial charge in [0.05, 0.1) is 24.5 Å². The molecule has 0 radical (unpaired) electrons. The summed E-state index contributed by atoms with van der Waals surface area (Å²) in [5.41, 5.74) is -0.480. The zero-order chi connectivity index (χ0) is 17.9. The molecule has 0 aromatic rings. The Morgan fingerprint density at radius 2 is 2.17 bits per heavy atom. The molecule has 0 fully saturated rings. The fourth-order valence-corrected chi connectivity index (χ4v) is 4.41. The highest BCUT2D eigenvalue weighted by Gasteiger charge is 2.54. The number of thioether (sulfide) groups is 1. The van der Waals surface area contributed by atoms with Gasteiger partial charge in [-0.1, -0.05) is 26.3 Å². The van der Waals surface area contributed by atoms with Crippen LogP contribution in [0, 0.1) is 0 Å². The van der Waals surface area contributed by atoms with Crippen molar-refractivity contribution in [3.8, 4) is 0 Å². The standard InChI is InChI=1S/C17H27NO5S/c1-5-6-7-8-12-17(3,21)15(24-10-9-19)13-14(23-12)11(2)18(22-4)16(13)20/h12,15,19,21H,2,5-10H2,1,3-4H3/t12-,15+,17-/m0/s1. The number of hydrogen-bond donors (Lipinski definition) is 2. The highest BCUT2D eigenvalue weighted by molar-refractivity contribution is 8.00. The minimum atomic E-state index is -1.22. The van der Waals surface area contributed by atoms with Crippen LogP contribution in [-0.4, -0.2) is 57.6 Å². The Labute approximate surface area is 147 Å². The summed E-state index contributed by atoms with van der Waals surface area (Å²) in [6.45, 7) is 7.69. The third kappa shape index (κ3) is 3.35. The maximum absolute atomic E-state index is 12.6. The first-order chi connectivity index (χ1) is 11.4. The monoisotopic (exact) mass is 357 g/mol. The van der Waals surface area contributed by atoms with E-state index in [1.165, 1.54) is 18.9 Å². The Hall–Kier alpha value is -1.02. The molecule has 0 bridgehead atoms. The van der Waals surface area contributed by atoms with Crippen LogP contribution in [-0.2, 0) is 14.4 Å². The maximum Gasteiger partial charge on any atom is 0.283 e. The number of unbranched alkanes of at least 4 members (excludes halogenated alkanes) is 2. The molecule has 24 heavy (non-hydrogen) atoms. The van der Waals surface area contributed by atoms with Crippen LogP contribution >= 0.6 is 11.8 Å². The molecule has 6 nitrogen and oxygen atoms in total. The third-order valence-electron chi connectivity index (χ3n) is 4.50. The van der Waals surface area contributed by atoms with Gasteiger partial charge in [0.2, 0.25) is 0 Å². The van der Waals surface area contributed by atoms with Gasteiger partial charge >= 0.3 is 0 Å². The van der Waals surface area contributed by atoms with Gasteiger partial charge in [-0.3, -0.25) is 9.63 Å². The number of carbonyl (C=O) groups is 1. The zero-order valence-corrected chi connectivity index (χ0v) is 15.4. The first-order valence-electron chi connectivity index (χ1n) is 8.33. The molecule has 3 atom stereocenters. The van der Waals surface area contributed by atoms with Gasteiger partial charge in [0.15, 0.2) is 5.76 Å². The van der Waals surface area contributed by atoms with Crippen molar-refractivity contribution in [3.63, 3.8) is 0 Å². The molecule has 2 rings (SSSR count). The second-order valence-corrected chi connectivity index (χ2v) is 7.49. The van der Waals surface area contributed by atoms with Crippen molar-refractivity contribution < 1.29 is 24.6 Å². The summed E-state index contributed by atoms with van der Waals surface area (Å²) >= 11 is 1.36. The molecule has 1 amide bonds. The van der Waals surface area contributed by atoms with Crippen molar-refractivity contribution in [2.45, 2.75) is 56.5 Å². The smallest absolute Gasteiger partial charge is 0.283 e. The Balaban J connectivity index is 2.35. The summed E-state index contributed by atoms with van der Waals surface area (Å²) < 4.78 is 6.01. The second kappa shape index (κ2) is 7.91. The molecule has 2 aliphatic rings. The molecule has 2 aliphatic heterocycles. The van der Waals surface area contributed by atoms with Crippen LogP contribution in [0.5, 0.6) is 0 Å². The molecule has 2 N–H and O–H groups in total. The zero-order valence-electron chi connectivity index (χ0n) is 14.6. The normalized spacial score (nSPS) is 30.0. The molecule has 0 spiro atoms. The average Bonchev–Trinajstić information content (AvgIpc) is 2.77. The fourth-order valence-electron chi connectivity index (χ4n) is 3.21. The molecular formula is C17H27NO5S. The molecule has 2 heterocycles. The lowest BCUT2D eigenvalue weighted by Gasteiger charge is -2.43. The number of aliphatic hydroxyl groups is 2. The number of rotatable bonds is 8. The summed E-state index contributed by atoms with van der Waals surface area (Å²) in [7, 11) is 1.40. The number of hydrogen-bond acceptors (Lipinski definition) is 6. The Morgan fingerprint density at radius 1 is 1.46 bits per heavy atom. The largest absolute Gasteiger partial charge is 0.485 e. The fraction of sp³-hybridized carbons (Fsp3) is 0.706. The predicted octanol–water partition coefficient (Wildman–Crippen LogP) is 1.98. The van der Waals surface area contributed by atoms with Crippen LogP contribution in [0.1, 0.15) is 39.5 Å². The number of aliphatic hydroxyl groups excluding tert-OH is 1. The van der Waals surface area contributed by atoms with Gasteiger partial charge in [-0.05, 0) is 19.8 Å². The lowest BCUT2D eigenvalue weighted by atomic mass is 9.84. The van der Waals surface area contributed by atoms with Crippen LogP contribution in [0.3, 0.4) is 0 Å². The summed E-state index contributed by atoms with van der Waals surface area (Å²) in [6, 6.07) is 0. The van der Waals surface area contributed by atoms with Crippen molar-refractivity contribution in [1.29, 1.82) is 0 Å². The Bertz CT molecular complexity index is 531. The van der Waals surface area contributed by atoms with E-state index in [2.05, 4.69) is 13.5 Å². The lowest BCUT2D eigenvalue weighted by Crippen LogP contribution is -2.54. The third-order valence-corrected chi connectivity index (χ3v) is 5.96. The summed E-state index contributed by atoms with van der Waals surface area (Å²) in [6.07, 6.45) is 3.34. The highest BCUT2D eigenvalue weighted by Crippen LogP contribution is 2.47. The maximum atomic E-state index is 12.6. The lowest BCUT2D eigenvalue weighted by molar-refractivity contribution is -0.158. The van der Waals surface area contributed by atoms with Crippen LogP contribution < -0.4 is 0 Å². The van der Waals surface area contributed by atoms with E-state index in [1.807, 2.05) is 0 Å². The van der Waals surface area contributed by atoms with E-state index in [1.54, 1.807) is 6.92 Å². The van der Waals surface area contributed by atoms with Crippen LogP contribution in [0.15, 0.2) is 23.6 Å². The van der Waals surface area contributed by atoms with E-state index >= 15 is 0 Å². The minimum Gasteiger partial charge on any atom is -0.485 e. The van der Waals surface area contributed by atoms with Crippen molar-refractivity contribution in [2.24, 2.45) is 0 Å². The van der Waals surface area contributed by atoms with Crippen molar-refractivity contribution >= 4 is 17.7 Å². The number of carbonyl (C=O) groups excluding carboxylic acids is 1. The minimum absolute atomic E-state index is 0.0235. The van der Waals surface area contributed by atoms with Gasteiger partial charge in [-0.25, -0.2) is 0 Å². The number of nitrogens with zero attached hydrogens (tertiary/aromatic N) is 1. The Morgan fingerprint density at radius 3 is 2.75 bits per heavy atom. The van der Waals surface area contributed by atoms with Crippen molar-refractivity contribution in [1.82, 2.24) is 5.06 Å². The number of ether oxygens (including phenoxy) is 1. The predicted molar refractivity (Wildman–Crippen MR) is 93.0 cm³/mol. The average molecular weight is 357 g/mol. The molecule has 136 valence electrons. The second-order valence-electron chi connectivity index (χ2n) is 6.27. The molecule has 0 unspecified atom stereocenters. The summed E-state index contributed by atoms with van der Waals surface area (Å²) in [5.74, 6) is 0.469. The quantitative estimate of drug-likeness (QED) is 0.647. The summed E-state index contributed by atoms with van der Waals surface area (Å²) in [4.78, 5) is 17.7. The molecule has 0 aromatic heterocycles. The Kier molecular flexibility index (Phi) is 6.36. The van der Waals surface area contributed by atoms with Gasteiger partial charge < -0.3 is 14.9 Å². The molecule has 0 saturated carbocycles. The van der Waals surface area contributed by atoms with Crippen LogP contribution in [0.4, 0.5) is 0 Å². The van der Waals surface area contributed by atoms with E-state index in [0.717, 1.165) is 24.3 Å². The highest BCUT2D eigenvalue weighted by atomic mass is 32.2. The van der Waals surface area contributed by atoms with E-state index < -0.39 is 17.0 Å². The SMILES string of the molecule is C=C1C2=C(C(=O)N1OC)[C@@H](SCCO)[C@@](C)(O)[C@H](CCCCC)O2. The van der Waals surface area contributed by atoms with E-state index in [9.17, 15) is 15.0 Å². The summed E-state index contributed by atoms with van der Waals surface area (Å²) in [5, 5.41) is 20.9. The van der Waals surface area contributed by atoms with Crippen LogP contribution in [0.25, 0.3) is 0 Å². The molecule has 0 aromatic carbocycles. The van der Waals surface area contributed by atoms with Gasteiger partial charge in [0.1, 0.15) is 17.4 Å². The number of hydroxylamine groups is 2. The molecule has 0 aliphatic carbocycles. The van der Waals surface area contributed by atoms with Crippen LogP contribution in [0.2, 0.25) is 0 Å².